The Morgan fingerprint density at radius 2 is 1.71 bits per heavy atom. The van der Waals surface area contributed by atoms with Crippen LogP contribution in [0.15, 0.2) is 24.3 Å². The number of carbonyl (C=O) groups is 2. The molecule has 2 amide bonds. The van der Waals surface area contributed by atoms with Gasteiger partial charge in [-0.3, -0.25) is 9.59 Å². The number of rotatable bonds is 9. The molecule has 2 aromatic rings. The third-order valence-corrected chi connectivity index (χ3v) is 9.73. The third kappa shape index (κ3) is 6.54. The van der Waals surface area contributed by atoms with Crippen molar-refractivity contribution in [3.05, 3.63) is 46.6 Å². The number of hydrogen-bond acceptors (Lipinski definition) is 4. The summed E-state index contributed by atoms with van der Waals surface area (Å²) in [5.74, 6) is -0.830. The lowest BCUT2D eigenvalue weighted by atomic mass is 9.79. The first-order valence-corrected chi connectivity index (χ1v) is 15.2. The van der Waals surface area contributed by atoms with Crippen molar-refractivity contribution in [3.8, 4) is 11.3 Å². The average Bonchev–Trinajstić information content (AvgIpc) is 3.59. The maximum Gasteiger partial charge on any atom is 0.408 e. The number of hydrogen-bond donors (Lipinski definition) is 4. The minimum atomic E-state index is -4.55. The van der Waals surface area contributed by atoms with Crippen molar-refractivity contribution < 1.29 is 33.0 Å². The van der Waals surface area contributed by atoms with Gasteiger partial charge in [-0.1, -0.05) is 26.2 Å². The van der Waals surface area contributed by atoms with E-state index in [1.165, 1.54) is 6.42 Å². The van der Waals surface area contributed by atoms with Gasteiger partial charge < -0.3 is 25.4 Å². The molecule has 3 aliphatic carbocycles. The highest BCUT2D eigenvalue weighted by Crippen LogP contribution is 2.49. The first-order chi connectivity index (χ1) is 19.7. The van der Waals surface area contributed by atoms with Crippen molar-refractivity contribution in [1.29, 1.82) is 0 Å². The number of aliphatic hydroxyl groups is 2. The van der Waals surface area contributed by atoms with E-state index >= 15 is 0 Å². The van der Waals surface area contributed by atoms with E-state index in [4.69, 9.17) is 0 Å². The van der Waals surface area contributed by atoms with Gasteiger partial charge in [-0.2, -0.15) is 13.2 Å². The van der Waals surface area contributed by atoms with Crippen LogP contribution >= 0.6 is 0 Å². The van der Waals surface area contributed by atoms with E-state index < -0.39 is 24.4 Å². The molecule has 1 aromatic carbocycles. The van der Waals surface area contributed by atoms with Crippen LogP contribution in [-0.2, 0) is 12.0 Å². The molecule has 1 aromatic heterocycles. The number of benzene rings is 1. The van der Waals surface area contributed by atoms with Crippen LogP contribution in [0.4, 0.5) is 13.2 Å². The summed E-state index contributed by atoms with van der Waals surface area (Å²) in [7, 11) is 0. The first kappa shape index (κ1) is 30.6. The lowest BCUT2D eigenvalue weighted by molar-refractivity contribution is -0.149. The summed E-state index contributed by atoms with van der Waals surface area (Å²) in [6.07, 6.45) is 2.60. The van der Waals surface area contributed by atoms with Gasteiger partial charge >= 0.3 is 6.18 Å². The van der Waals surface area contributed by atoms with Gasteiger partial charge in [0.25, 0.3) is 11.8 Å². The maximum atomic E-state index is 13.4. The summed E-state index contributed by atoms with van der Waals surface area (Å²) in [5, 5.41) is 23.9. The van der Waals surface area contributed by atoms with E-state index in [1.54, 1.807) is 12.1 Å². The van der Waals surface area contributed by atoms with Crippen molar-refractivity contribution >= 4 is 11.8 Å². The number of carbonyl (C=O) groups excluding carboxylic acids is 2. The van der Waals surface area contributed by atoms with Crippen molar-refractivity contribution in [1.82, 2.24) is 15.2 Å². The van der Waals surface area contributed by atoms with E-state index in [0.29, 0.717) is 36.4 Å². The Morgan fingerprint density at radius 1 is 1.05 bits per heavy atom. The predicted octanol–water partition coefficient (Wildman–Crippen LogP) is 5.60. The normalized spacial score (nSPS) is 22.9. The number of alkyl halides is 3. The van der Waals surface area contributed by atoms with E-state index in [-0.39, 0.29) is 28.8 Å². The standard InChI is InChI=1S/C32H42F3N3O4/c1-18-26(29(40)37-25-14-23(15-25)30(41)42)16-27(38(18)17-20-7-5-4-6-8-20)21-11-22(13-24(12-21)31(3)9-10-31)28(39)36-19(2)32(33,34)35/h11-13,16,19-20,23,25,30,41-42H,4-10,14-15,17H2,1-3H3,(H,36,39)(H,37,40). The number of nitrogens with one attached hydrogen (secondary N) is 2. The van der Waals surface area contributed by atoms with Gasteiger partial charge in [0.2, 0.25) is 0 Å². The largest absolute Gasteiger partial charge is 0.408 e. The lowest BCUT2D eigenvalue weighted by Gasteiger charge is -2.36. The fourth-order valence-corrected chi connectivity index (χ4v) is 6.36. The molecule has 3 aliphatic rings. The van der Waals surface area contributed by atoms with E-state index in [2.05, 4.69) is 22.1 Å². The summed E-state index contributed by atoms with van der Waals surface area (Å²) < 4.78 is 41.9. The summed E-state index contributed by atoms with van der Waals surface area (Å²) in [6.45, 7) is 5.64. The van der Waals surface area contributed by atoms with Gasteiger partial charge in [-0.25, -0.2) is 0 Å². The number of nitrogens with zero attached hydrogens (tertiary/aromatic N) is 1. The van der Waals surface area contributed by atoms with Gasteiger partial charge in [0.15, 0.2) is 6.29 Å². The molecule has 4 N–H and O–H groups in total. The lowest BCUT2D eigenvalue weighted by Crippen LogP contribution is -2.47. The topological polar surface area (TPSA) is 104 Å². The zero-order valence-corrected chi connectivity index (χ0v) is 24.6. The van der Waals surface area contributed by atoms with Gasteiger partial charge in [0.1, 0.15) is 6.04 Å². The van der Waals surface area contributed by atoms with Gasteiger partial charge in [0, 0.05) is 35.5 Å². The Bertz CT molecular complexity index is 1320. The van der Waals surface area contributed by atoms with Crippen LogP contribution in [0.25, 0.3) is 11.3 Å². The van der Waals surface area contributed by atoms with Crippen molar-refractivity contribution in [2.75, 3.05) is 0 Å². The highest BCUT2D eigenvalue weighted by molar-refractivity contribution is 5.98. The molecule has 0 bridgehead atoms. The smallest absolute Gasteiger partial charge is 0.368 e. The average molecular weight is 590 g/mol. The fourth-order valence-electron chi connectivity index (χ4n) is 6.36. The zero-order valence-electron chi connectivity index (χ0n) is 24.6. The summed E-state index contributed by atoms with van der Waals surface area (Å²) >= 11 is 0. The van der Waals surface area contributed by atoms with Gasteiger partial charge in [0.05, 0.1) is 5.56 Å². The third-order valence-electron chi connectivity index (χ3n) is 9.73. The quantitative estimate of drug-likeness (QED) is 0.286. The fraction of sp³-hybridized carbons (Fsp3) is 0.625. The Morgan fingerprint density at radius 3 is 2.31 bits per heavy atom. The Balaban J connectivity index is 1.51. The first-order valence-electron chi connectivity index (χ1n) is 15.2. The Labute approximate surface area is 244 Å². The minimum Gasteiger partial charge on any atom is -0.368 e. The number of aliphatic hydroxyl groups excluding tert-OH is 1. The van der Waals surface area contributed by atoms with Gasteiger partial charge in [-0.15, -0.1) is 0 Å². The molecule has 5 rings (SSSR count). The van der Waals surface area contributed by atoms with Crippen LogP contribution in [0.5, 0.6) is 0 Å². The molecule has 0 aliphatic heterocycles. The number of halogens is 3. The molecule has 230 valence electrons. The maximum absolute atomic E-state index is 13.4. The second kappa shape index (κ2) is 11.7. The van der Waals surface area contributed by atoms with E-state index in [0.717, 1.165) is 62.4 Å². The minimum absolute atomic E-state index is 0.141. The Hall–Kier alpha value is -2.85. The highest BCUT2D eigenvalue weighted by atomic mass is 19.4. The van der Waals surface area contributed by atoms with Crippen LogP contribution in [0, 0.1) is 18.8 Å². The second-order valence-corrected chi connectivity index (χ2v) is 13.1. The Kier molecular flexibility index (Phi) is 8.51. The molecule has 1 atom stereocenters. The molecule has 42 heavy (non-hydrogen) atoms. The molecule has 0 saturated heterocycles. The van der Waals surface area contributed by atoms with Crippen LogP contribution in [0.3, 0.4) is 0 Å². The van der Waals surface area contributed by atoms with E-state index in [9.17, 15) is 33.0 Å². The SMILES string of the molecule is Cc1c(C(=O)NC2CC(C(O)O)C2)cc(-c2cc(C(=O)NC(C)C(F)(F)F)cc(C3(C)CC3)c2)n1CC1CCCCC1. The molecule has 10 heteroatoms. The summed E-state index contributed by atoms with van der Waals surface area (Å²) in [6, 6.07) is 5.06. The molecular formula is C32H42F3N3O4. The molecule has 7 nitrogen and oxygen atoms in total. The van der Waals surface area contributed by atoms with Gasteiger partial charge in [-0.05, 0) is 99.1 Å². The predicted molar refractivity (Wildman–Crippen MR) is 153 cm³/mol. The molecule has 0 radical (unpaired) electrons. The number of aromatic nitrogens is 1. The molecule has 1 heterocycles. The zero-order chi connectivity index (χ0) is 30.4. The van der Waals surface area contributed by atoms with Crippen LogP contribution in [0.2, 0.25) is 0 Å². The van der Waals surface area contributed by atoms with Crippen molar-refractivity contribution in [2.24, 2.45) is 11.8 Å². The molecular weight excluding hydrogens is 547 g/mol. The van der Waals surface area contributed by atoms with Crippen LogP contribution in [0.1, 0.15) is 104 Å². The van der Waals surface area contributed by atoms with Crippen molar-refractivity contribution in [3.63, 3.8) is 0 Å². The van der Waals surface area contributed by atoms with E-state index in [1.807, 2.05) is 19.1 Å². The van der Waals surface area contributed by atoms with Crippen LogP contribution in [-0.4, -0.2) is 51.1 Å². The van der Waals surface area contributed by atoms with Crippen molar-refractivity contribution in [2.45, 2.75) is 115 Å². The van der Waals surface area contributed by atoms with Crippen LogP contribution < -0.4 is 10.6 Å². The molecule has 3 saturated carbocycles. The highest BCUT2D eigenvalue weighted by Gasteiger charge is 2.41. The molecule has 1 unspecified atom stereocenters. The summed E-state index contributed by atoms with van der Waals surface area (Å²) in [5.41, 5.74) is 3.71. The molecule has 3 fully saturated rings. The monoisotopic (exact) mass is 589 g/mol. The summed E-state index contributed by atoms with van der Waals surface area (Å²) in [4.78, 5) is 26.5. The number of amides is 2. The molecule has 0 spiro atoms. The second-order valence-electron chi connectivity index (χ2n) is 13.1.